The number of benzene rings is 2. The van der Waals surface area contributed by atoms with Crippen LogP contribution in [0.2, 0.25) is 0 Å². The van der Waals surface area contributed by atoms with Gasteiger partial charge in [-0.25, -0.2) is 13.4 Å². The van der Waals surface area contributed by atoms with Crippen molar-refractivity contribution in [1.29, 1.82) is 0 Å². The van der Waals surface area contributed by atoms with Crippen LogP contribution in [0.4, 0.5) is 0 Å². The minimum Gasteiger partial charge on any atom is -0.457 e. The second-order valence-corrected chi connectivity index (χ2v) is 10.3. The highest BCUT2D eigenvalue weighted by atomic mass is 32.2. The van der Waals surface area contributed by atoms with Crippen LogP contribution in [0, 0.1) is 0 Å². The average molecular weight is 465 g/mol. The molecule has 0 bridgehead atoms. The van der Waals surface area contributed by atoms with Crippen molar-refractivity contribution < 1.29 is 13.2 Å². The van der Waals surface area contributed by atoms with E-state index < -0.39 is 9.84 Å². The molecule has 0 amide bonds. The monoisotopic (exact) mass is 464 g/mol. The Morgan fingerprint density at radius 3 is 2.69 bits per heavy atom. The molecule has 0 saturated carbocycles. The molecule has 0 unspecified atom stereocenters. The van der Waals surface area contributed by atoms with Gasteiger partial charge in [-0.15, -0.1) is 11.8 Å². The number of fused-ring (bicyclic) bond motifs is 1. The Morgan fingerprint density at radius 1 is 1.16 bits per heavy atom. The van der Waals surface area contributed by atoms with Gasteiger partial charge in [-0.2, -0.15) is 0 Å². The van der Waals surface area contributed by atoms with E-state index in [9.17, 15) is 8.42 Å². The van der Waals surface area contributed by atoms with Crippen molar-refractivity contribution in [1.82, 2.24) is 19.9 Å². The van der Waals surface area contributed by atoms with Crippen molar-refractivity contribution >= 4 is 32.6 Å². The molecule has 9 heteroatoms. The zero-order valence-electron chi connectivity index (χ0n) is 17.2. The van der Waals surface area contributed by atoms with Crippen molar-refractivity contribution in [2.45, 2.75) is 11.4 Å². The maximum atomic E-state index is 11.7. The predicted octanol–water partition coefficient (Wildman–Crippen LogP) is 4.80. The first-order valence-electron chi connectivity index (χ1n) is 9.90. The molecule has 0 aliphatic carbocycles. The van der Waals surface area contributed by atoms with Gasteiger partial charge in [-0.1, -0.05) is 6.07 Å². The third kappa shape index (κ3) is 4.35. The molecule has 0 spiro atoms. The van der Waals surface area contributed by atoms with Crippen LogP contribution in [-0.2, 0) is 16.4 Å². The molecule has 162 valence electrons. The molecule has 0 fully saturated rings. The molecule has 0 atom stereocenters. The van der Waals surface area contributed by atoms with Crippen molar-refractivity contribution in [2.75, 3.05) is 12.1 Å². The lowest BCUT2D eigenvalue weighted by molar-refractivity contribution is 0.418. The summed E-state index contributed by atoms with van der Waals surface area (Å²) < 4.78 is 29.7. The first-order valence-corrected chi connectivity index (χ1v) is 12.8. The second kappa shape index (κ2) is 8.33. The summed E-state index contributed by atoms with van der Waals surface area (Å²) in [7, 11) is -3.26. The lowest BCUT2D eigenvalue weighted by Gasteiger charge is -2.18. The minimum atomic E-state index is -3.26. The molecule has 1 aliphatic heterocycles. The Hall–Kier alpha value is -3.30. The van der Waals surface area contributed by atoms with Crippen molar-refractivity contribution in [3.63, 3.8) is 0 Å². The molecule has 2 aromatic heterocycles. The van der Waals surface area contributed by atoms with Gasteiger partial charge in [-0.3, -0.25) is 4.98 Å². The second-order valence-electron chi connectivity index (χ2n) is 7.45. The summed E-state index contributed by atoms with van der Waals surface area (Å²) in [5.41, 5.74) is 3.43. The highest BCUT2D eigenvalue weighted by molar-refractivity contribution is 8.02. The third-order valence-corrected chi connectivity index (χ3v) is 6.96. The van der Waals surface area contributed by atoms with Gasteiger partial charge in [0, 0.05) is 36.8 Å². The van der Waals surface area contributed by atoms with Crippen LogP contribution in [0.1, 0.15) is 5.56 Å². The Bertz CT molecular complexity index is 1400. The van der Waals surface area contributed by atoms with E-state index in [0.29, 0.717) is 23.9 Å². The number of H-pyrrole nitrogens is 1. The maximum absolute atomic E-state index is 11.7. The molecule has 32 heavy (non-hydrogen) atoms. The average Bonchev–Trinajstić information content (AvgIpc) is 3.44. The molecule has 5 rings (SSSR count). The number of nitrogens with one attached hydrogen (secondary N) is 1. The van der Waals surface area contributed by atoms with Gasteiger partial charge in [0.05, 0.1) is 21.8 Å². The molecule has 0 saturated heterocycles. The van der Waals surface area contributed by atoms with Crippen molar-refractivity contribution in [3.05, 3.63) is 78.0 Å². The van der Waals surface area contributed by atoms with E-state index in [1.54, 1.807) is 42.2 Å². The van der Waals surface area contributed by atoms with Gasteiger partial charge in [0.25, 0.3) is 0 Å². The lowest BCUT2D eigenvalue weighted by Crippen LogP contribution is -2.13. The lowest BCUT2D eigenvalue weighted by atomic mass is 10.1. The molecule has 2 aromatic carbocycles. The fourth-order valence-electron chi connectivity index (χ4n) is 3.44. The number of aromatic amines is 1. The molecular formula is C23H20N4O3S2. The van der Waals surface area contributed by atoms with Crippen LogP contribution in [-0.4, -0.2) is 40.4 Å². The number of sulfone groups is 1. The van der Waals surface area contributed by atoms with E-state index in [1.165, 1.54) is 6.26 Å². The van der Waals surface area contributed by atoms with Crippen LogP contribution in [0.25, 0.3) is 22.6 Å². The minimum absolute atomic E-state index is 0.257. The third-order valence-electron chi connectivity index (χ3n) is 5.03. The SMILES string of the molecule is CS(=O)(=O)c1ccc(Oc2cc3nc(-c4ccccn4)[nH]c3cc2CN2C=CSC2)cc1. The Balaban J connectivity index is 1.53. The first-order chi connectivity index (χ1) is 15.5. The van der Waals surface area contributed by atoms with E-state index in [4.69, 9.17) is 9.72 Å². The number of hydrogen-bond acceptors (Lipinski definition) is 7. The zero-order valence-corrected chi connectivity index (χ0v) is 18.9. The quantitative estimate of drug-likeness (QED) is 0.439. The standard InChI is InChI=1S/C23H20N4O3S2/c1-32(28,29)18-7-5-17(6-8-18)30-22-13-21-20(12-16(22)14-27-10-11-31-15-27)25-23(26-21)19-4-2-3-9-24-19/h2-13H,14-15H2,1H3,(H,25,26). The number of thioether (sulfide) groups is 1. The van der Waals surface area contributed by atoms with E-state index >= 15 is 0 Å². The smallest absolute Gasteiger partial charge is 0.175 e. The fourth-order valence-corrected chi connectivity index (χ4v) is 4.78. The molecule has 3 heterocycles. The summed E-state index contributed by atoms with van der Waals surface area (Å²) in [5.74, 6) is 2.81. The van der Waals surface area contributed by atoms with Gasteiger partial charge in [-0.05, 0) is 47.9 Å². The largest absolute Gasteiger partial charge is 0.457 e. The highest BCUT2D eigenvalue weighted by Crippen LogP contribution is 2.33. The van der Waals surface area contributed by atoms with E-state index in [2.05, 4.69) is 26.5 Å². The predicted molar refractivity (Wildman–Crippen MR) is 126 cm³/mol. The topological polar surface area (TPSA) is 88.2 Å². The number of rotatable bonds is 6. The number of ether oxygens (including phenoxy) is 1. The number of nitrogens with zero attached hydrogens (tertiary/aromatic N) is 3. The molecular weight excluding hydrogens is 444 g/mol. The van der Waals surface area contributed by atoms with E-state index in [1.807, 2.05) is 30.3 Å². The first kappa shape index (κ1) is 20.6. The van der Waals surface area contributed by atoms with Crippen LogP contribution in [0.3, 0.4) is 0 Å². The molecule has 4 aromatic rings. The van der Waals surface area contributed by atoms with Gasteiger partial charge >= 0.3 is 0 Å². The Morgan fingerprint density at radius 2 is 2.00 bits per heavy atom. The van der Waals surface area contributed by atoms with Gasteiger partial charge in [0.2, 0.25) is 0 Å². The summed E-state index contributed by atoms with van der Waals surface area (Å²) in [6, 6.07) is 16.1. The Kier molecular flexibility index (Phi) is 5.36. The van der Waals surface area contributed by atoms with Crippen molar-refractivity contribution in [2.24, 2.45) is 0 Å². The number of aromatic nitrogens is 3. The fraction of sp³-hybridized carbons (Fsp3) is 0.130. The van der Waals surface area contributed by atoms with Crippen LogP contribution < -0.4 is 4.74 Å². The normalized spacial score (nSPS) is 13.7. The van der Waals surface area contributed by atoms with Gasteiger partial charge < -0.3 is 14.6 Å². The van der Waals surface area contributed by atoms with Crippen molar-refractivity contribution in [3.8, 4) is 23.0 Å². The number of imidazole rings is 1. The van der Waals surface area contributed by atoms with Gasteiger partial charge in [0.1, 0.15) is 17.2 Å². The highest BCUT2D eigenvalue weighted by Gasteiger charge is 2.16. The summed E-state index contributed by atoms with van der Waals surface area (Å²) >= 11 is 1.74. The zero-order chi connectivity index (χ0) is 22.1. The summed E-state index contributed by atoms with van der Waals surface area (Å²) in [6.07, 6.45) is 4.99. The Labute approximate surface area is 190 Å². The van der Waals surface area contributed by atoms with Crippen LogP contribution >= 0.6 is 11.8 Å². The number of pyridine rings is 1. The summed E-state index contributed by atoms with van der Waals surface area (Å²) in [4.78, 5) is 14.9. The molecule has 1 aliphatic rings. The summed E-state index contributed by atoms with van der Waals surface area (Å²) in [5, 5.41) is 2.07. The molecule has 7 nitrogen and oxygen atoms in total. The molecule has 0 radical (unpaired) electrons. The summed E-state index contributed by atoms with van der Waals surface area (Å²) in [6.45, 7) is 0.675. The maximum Gasteiger partial charge on any atom is 0.175 e. The van der Waals surface area contributed by atoms with Crippen LogP contribution in [0.5, 0.6) is 11.5 Å². The van der Waals surface area contributed by atoms with E-state index in [0.717, 1.165) is 28.2 Å². The van der Waals surface area contributed by atoms with Crippen LogP contribution in [0.15, 0.2) is 77.3 Å². The number of hydrogen-bond donors (Lipinski definition) is 1. The van der Waals surface area contributed by atoms with Gasteiger partial charge in [0.15, 0.2) is 15.7 Å². The van der Waals surface area contributed by atoms with E-state index in [-0.39, 0.29) is 4.90 Å². The molecule has 1 N–H and O–H groups in total.